The van der Waals surface area contributed by atoms with Crippen LogP contribution in [0.25, 0.3) is 0 Å². The minimum atomic E-state index is -0.0668. The molecule has 0 heterocycles. The molecule has 17 heavy (non-hydrogen) atoms. The molecule has 3 heteroatoms. The van der Waals surface area contributed by atoms with Gasteiger partial charge in [0.05, 0.1) is 6.61 Å². The maximum atomic E-state index is 11.4. The second-order valence-electron chi connectivity index (χ2n) is 5.81. The van der Waals surface area contributed by atoms with E-state index in [9.17, 15) is 4.79 Å². The Morgan fingerprint density at radius 2 is 2.00 bits per heavy atom. The first-order chi connectivity index (χ1) is 8.12. The Labute approximate surface area is 106 Å². The lowest BCUT2D eigenvalue weighted by atomic mass is 9.87. The first-order valence-electron chi connectivity index (χ1n) is 6.79. The van der Waals surface area contributed by atoms with Crippen molar-refractivity contribution >= 4 is 6.29 Å². The van der Waals surface area contributed by atoms with Gasteiger partial charge in [-0.15, -0.1) is 0 Å². The van der Waals surface area contributed by atoms with E-state index in [2.05, 4.69) is 18.7 Å². The molecule has 0 aromatic rings. The average Bonchev–Trinajstić information content (AvgIpc) is 2.74. The Morgan fingerprint density at radius 3 is 2.47 bits per heavy atom. The molecule has 0 N–H and O–H groups in total. The number of hydrogen-bond donors (Lipinski definition) is 0. The predicted molar refractivity (Wildman–Crippen MR) is 70.1 cm³/mol. The van der Waals surface area contributed by atoms with Gasteiger partial charge in [-0.2, -0.15) is 0 Å². The van der Waals surface area contributed by atoms with Crippen molar-refractivity contribution in [2.75, 3.05) is 33.4 Å². The molecule has 0 bridgehead atoms. The van der Waals surface area contributed by atoms with Crippen molar-refractivity contribution in [3.8, 4) is 0 Å². The van der Waals surface area contributed by atoms with Gasteiger partial charge in [0.2, 0.25) is 0 Å². The van der Waals surface area contributed by atoms with E-state index >= 15 is 0 Å². The predicted octanol–water partition coefficient (Wildman–Crippen LogP) is 2.35. The van der Waals surface area contributed by atoms with E-state index in [1.165, 1.54) is 19.1 Å². The minimum absolute atomic E-state index is 0.0668. The number of methoxy groups -OCH3 is 1. The minimum Gasteiger partial charge on any atom is -0.383 e. The molecule has 0 spiro atoms. The summed E-state index contributed by atoms with van der Waals surface area (Å²) >= 11 is 0. The van der Waals surface area contributed by atoms with Crippen LogP contribution in [-0.4, -0.2) is 44.5 Å². The van der Waals surface area contributed by atoms with Gasteiger partial charge in [0.1, 0.15) is 6.29 Å². The number of rotatable bonds is 8. The van der Waals surface area contributed by atoms with Crippen molar-refractivity contribution in [2.45, 2.75) is 39.5 Å². The van der Waals surface area contributed by atoms with E-state index in [1.54, 1.807) is 7.11 Å². The Balaban J connectivity index is 2.53. The third kappa shape index (κ3) is 4.76. The van der Waals surface area contributed by atoms with Crippen LogP contribution in [0.5, 0.6) is 0 Å². The van der Waals surface area contributed by atoms with Crippen molar-refractivity contribution in [1.82, 2.24) is 4.90 Å². The molecule has 0 amide bonds. The lowest BCUT2D eigenvalue weighted by Gasteiger charge is -2.32. The molecule has 0 saturated heterocycles. The number of aldehydes is 1. The maximum Gasteiger partial charge on any atom is 0.127 e. The molecule has 0 aromatic heterocycles. The molecule has 0 unspecified atom stereocenters. The highest BCUT2D eigenvalue weighted by molar-refractivity contribution is 5.60. The van der Waals surface area contributed by atoms with Gasteiger partial charge in [0.25, 0.3) is 0 Å². The van der Waals surface area contributed by atoms with E-state index in [0.717, 1.165) is 39.1 Å². The summed E-state index contributed by atoms with van der Waals surface area (Å²) < 4.78 is 5.15. The van der Waals surface area contributed by atoms with Gasteiger partial charge in [-0.05, 0) is 18.8 Å². The molecular weight excluding hydrogens is 214 g/mol. The monoisotopic (exact) mass is 241 g/mol. The zero-order valence-electron chi connectivity index (χ0n) is 11.6. The highest BCUT2D eigenvalue weighted by Gasteiger charge is 2.35. The SMILES string of the molecule is COCCN(CC(C)C)CC1(C=O)CCCC1. The van der Waals surface area contributed by atoms with Crippen LogP contribution in [0.2, 0.25) is 0 Å². The summed E-state index contributed by atoms with van der Waals surface area (Å²) in [5.41, 5.74) is -0.0668. The van der Waals surface area contributed by atoms with Crippen molar-refractivity contribution in [3.05, 3.63) is 0 Å². The first kappa shape index (κ1) is 14.7. The van der Waals surface area contributed by atoms with Crippen LogP contribution in [0.15, 0.2) is 0 Å². The summed E-state index contributed by atoms with van der Waals surface area (Å²) in [6, 6.07) is 0. The third-order valence-corrected chi connectivity index (χ3v) is 3.62. The highest BCUT2D eigenvalue weighted by Crippen LogP contribution is 2.36. The van der Waals surface area contributed by atoms with Crippen LogP contribution in [-0.2, 0) is 9.53 Å². The normalized spacial score (nSPS) is 19.1. The fourth-order valence-corrected chi connectivity index (χ4v) is 2.81. The summed E-state index contributed by atoms with van der Waals surface area (Å²) in [4.78, 5) is 13.8. The largest absolute Gasteiger partial charge is 0.383 e. The fourth-order valence-electron chi connectivity index (χ4n) is 2.81. The average molecular weight is 241 g/mol. The number of hydrogen-bond acceptors (Lipinski definition) is 3. The topological polar surface area (TPSA) is 29.5 Å². The number of carbonyl (C=O) groups is 1. The molecule has 1 fully saturated rings. The van der Waals surface area contributed by atoms with E-state index in [-0.39, 0.29) is 5.41 Å². The standard InChI is InChI=1S/C14H27NO2/c1-13(2)10-15(8-9-17-3)11-14(12-16)6-4-5-7-14/h12-13H,4-11H2,1-3H3. The lowest BCUT2D eigenvalue weighted by Crippen LogP contribution is -2.40. The lowest BCUT2D eigenvalue weighted by molar-refractivity contribution is -0.117. The van der Waals surface area contributed by atoms with Crippen molar-refractivity contribution in [2.24, 2.45) is 11.3 Å². The molecule has 0 aromatic carbocycles. The summed E-state index contributed by atoms with van der Waals surface area (Å²) in [5.74, 6) is 0.636. The Hall–Kier alpha value is -0.410. The van der Waals surface area contributed by atoms with Crippen molar-refractivity contribution in [1.29, 1.82) is 0 Å². The van der Waals surface area contributed by atoms with Crippen LogP contribution in [0.1, 0.15) is 39.5 Å². The maximum absolute atomic E-state index is 11.4. The zero-order valence-corrected chi connectivity index (χ0v) is 11.6. The molecule has 3 nitrogen and oxygen atoms in total. The van der Waals surface area contributed by atoms with Crippen LogP contribution in [0.3, 0.4) is 0 Å². The van der Waals surface area contributed by atoms with Crippen molar-refractivity contribution < 1.29 is 9.53 Å². The van der Waals surface area contributed by atoms with Crippen LogP contribution < -0.4 is 0 Å². The van der Waals surface area contributed by atoms with Gasteiger partial charge in [0, 0.05) is 32.2 Å². The first-order valence-corrected chi connectivity index (χ1v) is 6.79. The Kier molecular flexibility index (Phi) is 6.14. The zero-order chi connectivity index (χ0) is 12.7. The van der Waals surface area contributed by atoms with E-state index < -0.39 is 0 Å². The molecule has 0 radical (unpaired) electrons. The molecule has 100 valence electrons. The smallest absolute Gasteiger partial charge is 0.127 e. The Morgan fingerprint density at radius 1 is 1.35 bits per heavy atom. The van der Waals surface area contributed by atoms with E-state index in [0.29, 0.717) is 5.92 Å². The van der Waals surface area contributed by atoms with Crippen LogP contribution in [0, 0.1) is 11.3 Å². The molecular formula is C14H27NO2. The summed E-state index contributed by atoms with van der Waals surface area (Å²) in [7, 11) is 1.73. The number of nitrogens with zero attached hydrogens (tertiary/aromatic N) is 1. The highest BCUT2D eigenvalue weighted by atomic mass is 16.5. The number of carbonyl (C=O) groups excluding carboxylic acids is 1. The summed E-state index contributed by atoms with van der Waals surface area (Å²) in [6.07, 6.45) is 5.76. The van der Waals surface area contributed by atoms with Crippen LogP contribution >= 0.6 is 0 Å². The summed E-state index contributed by atoms with van der Waals surface area (Å²) in [6.45, 7) is 8.10. The third-order valence-electron chi connectivity index (χ3n) is 3.62. The van der Waals surface area contributed by atoms with Gasteiger partial charge in [-0.25, -0.2) is 0 Å². The van der Waals surface area contributed by atoms with Crippen LogP contribution in [0.4, 0.5) is 0 Å². The van der Waals surface area contributed by atoms with Gasteiger partial charge < -0.3 is 9.53 Å². The molecule has 1 saturated carbocycles. The van der Waals surface area contributed by atoms with Gasteiger partial charge in [-0.1, -0.05) is 26.7 Å². The summed E-state index contributed by atoms with van der Waals surface area (Å²) in [5, 5.41) is 0. The van der Waals surface area contributed by atoms with Gasteiger partial charge in [-0.3, -0.25) is 4.90 Å². The molecule has 1 aliphatic carbocycles. The fraction of sp³-hybridized carbons (Fsp3) is 0.929. The molecule has 0 atom stereocenters. The van der Waals surface area contributed by atoms with E-state index in [4.69, 9.17) is 4.74 Å². The quantitative estimate of drug-likeness (QED) is 0.611. The molecule has 1 aliphatic rings. The Bertz CT molecular complexity index is 222. The second kappa shape index (κ2) is 7.12. The second-order valence-corrected chi connectivity index (χ2v) is 5.81. The van der Waals surface area contributed by atoms with Gasteiger partial charge in [0.15, 0.2) is 0 Å². The van der Waals surface area contributed by atoms with Gasteiger partial charge >= 0.3 is 0 Å². The number of ether oxygens (including phenoxy) is 1. The molecule has 0 aliphatic heterocycles. The van der Waals surface area contributed by atoms with E-state index in [1.807, 2.05) is 0 Å². The van der Waals surface area contributed by atoms with Crippen molar-refractivity contribution in [3.63, 3.8) is 0 Å². The molecule has 1 rings (SSSR count).